The van der Waals surface area contributed by atoms with Crippen LogP contribution >= 0.6 is 0 Å². The quantitative estimate of drug-likeness (QED) is 0.803. The SMILES string of the molecule is CCOCc1ccccc1NC(=O)N[C@H]1C[C@H]1c1ccccc1OC. The lowest BCUT2D eigenvalue weighted by atomic mass is 10.1. The summed E-state index contributed by atoms with van der Waals surface area (Å²) in [6, 6.07) is 15.6. The Morgan fingerprint density at radius 3 is 2.72 bits per heavy atom. The van der Waals surface area contributed by atoms with Crippen LogP contribution in [0.1, 0.15) is 30.4 Å². The van der Waals surface area contributed by atoms with Crippen LogP contribution in [-0.4, -0.2) is 25.8 Å². The Morgan fingerprint density at radius 2 is 1.92 bits per heavy atom. The number of urea groups is 1. The number of rotatable bonds is 7. The molecule has 0 radical (unpaired) electrons. The van der Waals surface area contributed by atoms with Crippen molar-refractivity contribution in [3.8, 4) is 5.75 Å². The molecule has 0 saturated heterocycles. The highest BCUT2D eigenvalue weighted by Gasteiger charge is 2.41. The summed E-state index contributed by atoms with van der Waals surface area (Å²) in [5.41, 5.74) is 2.89. The Morgan fingerprint density at radius 1 is 1.16 bits per heavy atom. The lowest BCUT2D eigenvalue weighted by Crippen LogP contribution is -2.31. The summed E-state index contributed by atoms with van der Waals surface area (Å²) in [4.78, 5) is 12.3. The summed E-state index contributed by atoms with van der Waals surface area (Å²) in [5, 5.41) is 5.97. The normalized spacial score (nSPS) is 18.5. The van der Waals surface area contributed by atoms with Crippen LogP contribution in [0.25, 0.3) is 0 Å². The number of hydrogen-bond acceptors (Lipinski definition) is 3. The maximum absolute atomic E-state index is 12.3. The zero-order chi connectivity index (χ0) is 17.6. The van der Waals surface area contributed by atoms with Crippen LogP contribution in [0.2, 0.25) is 0 Å². The summed E-state index contributed by atoms with van der Waals surface area (Å²) < 4.78 is 10.9. The first-order valence-corrected chi connectivity index (χ1v) is 8.59. The van der Waals surface area contributed by atoms with Crippen LogP contribution in [0.3, 0.4) is 0 Å². The molecule has 0 aliphatic heterocycles. The van der Waals surface area contributed by atoms with Crippen LogP contribution in [0.15, 0.2) is 48.5 Å². The molecule has 0 spiro atoms. The third kappa shape index (κ3) is 4.31. The lowest BCUT2D eigenvalue weighted by Gasteiger charge is -2.12. The number of carbonyl (C=O) groups excluding carboxylic acids is 1. The predicted molar refractivity (Wildman–Crippen MR) is 98.1 cm³/mol. The average Bonchev–Trinajstić information content (AvgIpc) is 3.39. The molecule has 3 rings (SSSR count). The van der Waals surface area contributed by atoms with E-state index in [-0.39, 0.29) is 12.1 Å². The molecule has 1 aliphatic rings. The van der Waals surface area contributed by atoms with E-state index in [2.05, 4.69) is 16.7 Å². The zero-order valence-electron chi connectivity index (χ0n) is 14.6. The van der Waals surface area contributed by atoms with E-state index in [9.17, 15) is 4.79 Å². The number of carbonyl (C=O) groups is 1. The average molecular weight is 340 g/mol. The van der Waals surface area contributed by atoms with E-state index in [1.54, 1.807) is 7.11 Å². The third-order valence-electron chi connectivity index (χ3n) is 4.37. The Labute approximate surface area is 148 Å². The van der Waals surface area contributed by atoms with Gasteiger partial charge < -0.3 is 20.1 Å². The minimum absolute atomic E-state index is 0.135. The van der Waals surface area contributed by atoms with Gasteiger partial charge in [-0.2, -0.15) is 0 Å². The standard InChI is InChI=1S/C20H24N2O3/c1-3-25-13-14-8-4-6-10-17(14)21-20(23)22-18-12-16(18)15-9-5-7-11-19(15)24-2/h4-11,16,18H,3,12-13H2,1-2H3,(H2,21,22,23)/t16-,18-/m0/s1. The molecule has 132 valence electrons. The molecule has 5 nitrogen and oxygen atoms in total. The van der Waals surface area contributed by atoms with Crippen molar-refractivity contribution in [1.29, 1.82) is 0 Å². The van der Waals surface area contributed by atoms with Gasteiger partial charge in [-0.3, -0.25) is 0 Å². The number of amides is 2. The van der Waals surface area contributed by atoms with Crippen molar-refractivity contribution >= 4 is 11.7 Å². The van der Waals surface area contributed by atoms with Gasteiger partial charge in [0.25, 0.3) is 0 Å². The number of anilines is 1. The molecular weight excluding hydrogens is 316 g/mol. The smallest absolute Gasteiger partial charge is 0.319 e. The van der Waals surface area contributed by atoms with E-state index in [1.165, 1.54) is 0 Å². The fraction of sp³-hybridized carbons (Fsp3) is 0.350. The summed E-state index contributed by atoms with van der Waals surface area (Å²) in [6.07, 6.45) is 0.925. The molecule has 2 aromatic rings. The minimum Gasteiger partial charge on any atom is -0.496 e. The van der Waals surface area contributed by atoms with Crippen LogP contribution in [0.4, 0.5) is 10.5 Å². The van der Waals surface area contributed by atoms with Gasteiger partial charge in [0.15, 0.2) is 0 Å². The third-order valence-corrected chi connectivity index (χ3v) is 4.37. The van der Waals surface area contributed by atoms with Gasteiger partial charge in [-0.1, -0.05) is 36.4 Å². The molecule has 1 saturated carbocycles. The molecule has 2 aromatic carbocycles. The highest BCUT2D eigenvalue weighted by atomic mass is 16.5. The van der Waals surface area contributed by atoms with Crippen LogP contribution < -0.4 is 15.4 Å². The Kier molecular flexibility index (Phi) is 5.56. The second kappa shape index (κ2) is 8.03. The molecule has 0 aromatic heterocycles. The topological polar surface area (TPSA) is 59.6 Å². The number of nitrogens with one attached hydrogen (secondary N) is 2. The van der Waals surface area contributed by atoms with Gasteiger partial charge >= 0.3 is 6.03 Å². The number of ether oxygens (including phenoxy) is 2. The largest absolute Gasteiger partial charge is 0.496 e. The summed E-state index contributed by atoms with van der Waals surface area (Å²) in [5.74, 6) is 1.18. The van der Waals surface area contributed by atoms with Crippen molar-refractivity contribution in [2.45, 2.75) is 31.9 Å². The van der Waals surface area contributed by atoms with Crippen LogP contribution in [0, 0.1) is 0 Å². The molecule has 1 fully saturated rings. The van der Waals surface area contributed by atoms with Crippen molar-refractivity contribution in [2.75, 3.05) is 19.0 Å². The zero-order valence-corrected chi connectivity index (χ0v) is 14.6. The van der Waals surface area contributed by atoms with E-state index < -0.39 is 0 Å². The summed E-state index contributed by atoms with van der Waals surface area (Å²) >= 11 is 0. The molecule has 2 amide bonds. The van der Waals surface area contributed by atoms with Gasteiger partial charge in [-0.25, -0.2) is 4.79 Å². The molecule has 2 N–H and O–H groups in total. The second-order valence-electron chi connectivity index (χ2n) is 6.08. The van der Waals surface area contributed by atoms with Gasteiger partial charge in [0, 0.05) is 29.8 Å². The second-order valence-corrected chi connectivity index (χ2v) is 6.08. The van der Waals surface area contributed by atoms with Crippen molar-refractivity contribution in [3.05, 3.63) is 59.7 Å². The van der Waals surface area contributed by atoms with Crippen molar-refractivity contribution in [3.63, 3.8) is 0 Å². The monoisotopic (exact) mass is 340 g/mol. The first kappa shape index (κ1) is 17.3. The van der Waals surface area contributed by atoms with Gasteiger partial charge in [0.05, 0.1) is 13.7 Å². The minimum atomic E-state index is -0.189. The Hall–Kier alpha value is -2.53. The first-order valence-electron chi connectivity index (χ1n) is 8.59. The maximum Gasteiger partial charge on any atom is 0.319 e. The Bertz CT molecular complexity index is 732. The fourth-order valence-corrected chi connectivity index (χ4v) is 2.98. The maximum atomic E-state index is 12.3. The number of benzene rings is 2. The molecule has 1 aliphatic carbocycles. The highest BCUT2D eigenvalue weighted by molar-refractivity contribution is 5.90. The lowest BCUT2D eigenvalue weighted by molar-refractivity contribution is 0.134. The van der Waals surface area contributed by atoms with Gasteiger partial charge in [0.1, 0.15) is 5.75 Å². The van der Waals surface area contributed by atoms with E-state index in [0.717, 1.165) is 29.0 Å². The van der Waals surface area contributed by atoms with Gasteiger partial charge in [-0.05, 0) is 31.0 Å². The molecule has 25 heavy (non-hydrogen) atoms. The van der Waals surface area contributed by atoms with Crippen LogP contribution in [0.5, 0.6) is 5.75 Å². The van der Waals surface area contributed by atoms with Gasteiger partial charge in [0.2, 0.25) is 0 Å². The Balaban J connectivity index is 1.58. The van der Waals surface area contributed by atoms with E-state index in [1.807, 2.05) is 49.4 Å². The van der Waals surface area contributed by atoms with Crippen molar-refractivity contribution < 1.29 is 14.3 Å². The molecule has 0 unspecified atom stereocenters. The van der Waals surface area contributed by atoms with E-state index >= 15 is 0 Å². The summed E-state index contributed by atoms with van der Waals surface area (Å²) in [6.45, 7) is 3.08. The molecule has 0 bridgehead atoms. The molecular formula is C20H24N2O3. The molecule has 5 heteroatoms. The predicted octanol–water partition coefficient (Wildman–Crippen LogP) is 3.91. The molecule has 0 heterocycles. The fourth-order valence-electron chi connectivity index (χ4n) is 2.98. The first-order chi connectivity index (χ1) is 12.2. The summed E-state index contributed by atoms with van der Waals surface area (Å²) in [7, 11) is 1.67. The number of methoxy groups -OCH3 is 1. The molecule has 2 atom stereocenters. The van der Waals surface area contributed by atoms with Crippen LogP contribution in [-0.2, 0) is 11.3 Å². The van der Waals surface area contributed by atoms with E-state index in [0.29, 0.717) is 19.1 Å². The van der Waals surface area contributed by atoms with E-state index in [4.69, 9.17) is 9.47 Å². The van der Waals surface area contributed by atoms with Crippen molar-refractivity contribution in [1.82, 2.24) is 5.32 Å². The van der Waals surface area contributed by atoms with Crippen molar-refractivity contribution in [2.24, 2.45) is 0 Å². The number of para-hydroxylation sites is 2. The highest BCUT2D eigenvalue weighted by Crippen LogP contribution is 2.44. The number of hydrogen-bond donors (Lipinski definition) is 2. The van der Waals surface area contributed by atoms with Gasteiger partial charge in [-0.15, -0.1) is 0 Å².